The highest BCUT2D eigenvalue weighted by Gasteiger charge is 2.27. The standard InChI is InChI=1S/C21H30N4O2S/c26-16-7-3-2-6-15(16)22-20-19-14-5-1-4-8-17(14)28-21(19)24-18(23-20)13-25-9-11-27-12-10-25/h15-16,26H,1-13H2,(H,22,23,24)/t15-,16-/m0/s1. The molecule has 152 valence electrons. The summed E-state index contributed by atoms with van der Waals surface area (Å²) in [5.41, 5.74) is 1.46. The van der Waals surface area contributed by atoms with E-state index in [0.29, 0.717) is 0 Å². The van der Waals surface area contributed by atoms with Crippen LogP contribution in [0.15, 0.2) is 0 Å². The van der Waals surface area contributed by atoms with E-state index in [2.05, 4.69) is 10.2 Å². The summed E-state index contributed by atoms with van der Waals surface area (Å²) in [6.07, 6.45) is 8.73. The van der Waals surface area contributed by atoms with Crippen molar-refractivity contribution in [1.29, 1.82) is 0 Å². The first-order valence-electron chi connectivity index (χ1n) is 10.8. The second kappa shape index (κ2) is 8.22. The molecule has 6 nitrogen and oxygen atoms in total. The molecule has 0 bridgehead atoms. The van der Waals surface area contributed by atoms with Gasteiger partial charge >= 0.3 is 0 Å². The number of rotatable bonds is 4. The molecule has 2 aromatic heterocycles. The molecular formula is C21H30N4O2S. The summed E-state index contributed by atoms with van der Waals surface area (Å²) < 4.78 is 5.48. The van der Waals surface area contributed by atoms with Crippen LogP contribution in [0.5, 0.6) is 0 Å². The third-order valence-corrected chi connectivity index (χ3v) is 7.57. The minimum absolute atomic E-state index is 0.0993. The minimum atomic E-state index is -0.282. The Bertz CT molecular complexity index is 833. The fourth-order valence-electron chi connectivity index (χ4n) is 4.79. The fourth-order valence-corrected chi connectivity index (χ4v) is 6.07. The molecule has 0 amide bonds. The zero-order chi connectivity index (χ0) is 18.9. The summed E-state index contributed by atoms with van der Waals surface area (Å²) >= 11 is 1.86. The molecular weight excluding hydrogens is 372 g/mol. The smallest absolute Gasteiger partial charge is 0.146 e. The molecule has 5 rings (SSSR count). The second-order valence-corrected chi connectivity index (χ2v) is 9.45. The Morgan fingerprint density at radius 2 is 1.89 bits per heavy atom. The normalized spacial score (nSPS) is 26.3. The van der Waals surface area contributed by atoms with Crippen LogP contribution in [-0.2, 0) is 24.1 Å². The molecule has 28 heavy (non-hydrogen) atoms. The van der Waals surface area contributed by atoms with Gasteiger partial charge in [0.05, 0.1) is 37.3 Å². The average Bonchev–Trinajstić information content (AvgIpc) is 3.09. The van der Waals surface area contributed by atoms with Crippen LogP contribution in [0.3, 0.4) is 0 Å². The lowest BCUT2D eigenvalue weighted by atomic mass is 9.92. The van der Waals surface area contributed by atoms with Crippen molar-refractivity contribution in [1.82, 2.24) is 14.9 Å². The summed E-state index contributed by atoms with van der Waals surface area (Å²) in [7, 11) is 0. The third-order valence-electron chi connectivity index (χ3n) is 6.38. The first kappa shape index (κ1) is 18.7. The summed E-state index contributed by atoms with van der Waals surface area (Å²) in [5.74, 6) is 1.85. The van der Waals surface area contributed by atoms with Gasteiger partial charge in [-0.3, -0.25) is 4.90 Å². The summed E-state index contributed by atoms with van der Waals surface area (Å²) in [6, 6.07) is 0.0993. The maximum absolute atomic E-state index is 10.5. The highest BCUT2D eigenvalue weighted by molar-refractivity contribution is 7.19. The van der Waals surface area contributed by atoms with Gasteiger partial charge in [-0.15, -0.1) is 11.3 Å². The topological polar surface area (TPSA) is 70.5 Å². The van der Waals surface area contributed by atoms with Crippen LogP contribution >= 0.6 is 11.3 Å². The highest BCUT2D eigenvalue weighted by Crippen LogP contribution is 2.39. The van der Waals surface area contributed by atoms with Gasteiger partial charge in [0, 0.05) is 18.0 Å². The zero-order valence-corrected chi connectivity index (χ0v) is 17.3. The van der Waals surface area contributed by atoms with Crippen LogP contribution in [0.4, 0.5) is 5.82 Å². The SMILES string of the molecule is O[C@H]1CCCC[C@@H]1Nc1nc(CN2CCOCC2)nc2sc3c(c12)CCCC3. The minimum Gasteiger partial charge on any atom is -0.391 e. The first-order chi connectivity index (χ1) is 13.8. The van der Waals surface area contributed by atoms with Crippen molar-refractivity contribution in [2.24, 2.45) is 0 Å². The van der Waals surface area contributed by atoms with Gasteiger partial charge in [0.25, 0.3) is 0 Å². The highest BCUT2D eigenvalue weighted by atomic mass is 32.1. The lowest BCUT2D eigenvalue weighted by Gasteiger charge is -2.29. The maximum Gasteiger partial charge on any atom is 0.146 e. The quantitative estimate of drug-likeness (QED) is 0.819. The first-order valence-corrected chi connectivity index (χ1v) is 11.7. The van der Waals surface area contributed by atoms with Crippen LogP contribution in [0.1, 0.15) is 54.8 Å². The predicted octanol–water partition coefficient (Wildman–Crippen LogP) is 3.12. The van der Waals surface area contributed by atoms with Gasteiger partial charge in [-0.2, -0.15) is 0 Å². The zero-order valence-electron chi connectivity index (χ0n) is 16.5. The number of hydrogen-bond donors (Lipinski definition) is 2. The van der Waals surface area contributed by atoms with E-state index in [9.17, 15) is 5.11 Å². The lowest BCUT2D eigenvalue weighted by molar-refractivity contribution is 0.0331. The number of aliphatic hydroxyl groups excluding tert-OH is 1. The van der Waals surface area contributed by atoms with Crippen molar-refractivity contribution in [3.8, 4) is 0 Å². The number of thiophene rings is 1. The molecule has 1 saturated carbocycles. The van der Waals surface area contributed by atoms with E-state index in [4.69, 9.17) is 14.7 Å². The van der Waals surface area contributed by atoms with Gasteiger partial charge < -0.3 is 15.2 Å². The van der Waals surface area contributed by atoms with Crippen LogP contribution in [-0.4, -0.2) is 58.4 Å². The van der Waals surface area contributed by atoms with E-state index in [-0.39, 0.29) is 12.1 Å². The Morgan fingerprint density at radius 1 is 1.07 bits per heavy atom. The van der Waals surface area contributed by atoms with Gasteiger partial charge in [0.15, 0.2) is 0 Å². The number of aliphatic hydroxyl groups is 1. The number of hydrogen-bond acceptors (Lipinski definition) is 7. The Hall–Kier alpha value is -1.28. The number of anilines is 1. The Balaban J connectivity index is 1.51. The molecule has 3 heterocycles. The molecule has 3 aliphatic rings. The number of fused-ring (bicyclic) bond motifs is 3. The van der Waals surface area contributed by atoms with E-state index >= 15 is 0 Å². The molecule has 2 fully saturated rings. The summed E-state index contributed by atoms with van der Waals surface area (Å²) in [4.78, 5) is 15.0. The fraction of sp³-hybridized carbons (Fsp3) is 0.714. The van der Waals surface area contributed by atoms with Crippen LogP contribution in [0.2, 0.25) is 0 Å². The molecule has 7 heteroatoms. The van der Waals surface area contributed by atoms with Crippen molar-refractivity contribution < 1.29 is 9.84 Å². The van der Waals surface area contributed by atoms with Crippen LogP contribution in [0.25, 0.3) is 10.2 Å². The summed E-state index contributed by atoms with van der Waals surface area (Å²) in [5, 5.41) is 15.4. The van der Waals surface area contributed by atoms with Gasteiger partial charge in [-0.25, -0.2) is 9.97 Å². The van der Waals surface area contributed by atoms with E-state index in [0.717, 1.165) is 75.0 Å². The summed E-state index contributed by atoms with van der Waals surface area (Å²) in [6.45, 7) is 4.21. The molecule has 1 saturated heterocycles. The molecule has 0 spiro atoms. The lowest BCUT2D eigenvalue weighted by Crippen LogP contribution is -2.37. The van der Waals surface area contributed by atoms with E-state index in [1.165, 1.54) is 41.5 Å². The van der Waals surface area contributed by atoms with Crippen molar-refractivity contribution in [2.75, 3.05) is 31.6 Å². The Morgan fingerprint density at radius 3 is 2.75 bits per heavy atom. The molecule has 2 aliphatic carbocycles. The number of ether oxygens (including phenoxy) is 1. The van der Waals surface area contributed by atoms with Crippen LogP contribution in [0, 0.1) is 0 Å². The van der Waals surface area contributed by atoms with Gasteiger partial charge in [-0.05, 0) is 44.1 Å². The Labute approximate surface area is 170 Å². The van der Waals surface area contributed by atoms with E-state index in [1.54, 1.807) is 0 Å². The van der Waals surface area contributed by atoms with Crippen LogP contribution < -0.4 is 5.32 Å². The molecule has 2 aromatic rings. The van der Waals surface area contributed by atoms with Crippen molar-refractivity contribution >= 4 is 27.4 Å². The average molecular weight is 403 g/mol. The van der Waals surface area contributed by atoms with Gasteiger partial charge in [-0.1, -0.05) is 12.8 Å². The predicted molar refractivity (Wildman–Crippen MR) is 112 cm³/mol. The number of morpholine rings is 1. The molecule has 0 radical (unpaired) electrons. The van der Waals surface area contributed by atoms with E-state index < -0.39 is 0 Å². The number of nitrogens with zero attached hydrogens (tertiary/aromatic N) is 3. The van der Waals surface area contributed by atoms with Crippen molar-refractivity contribution in [3.05, 3.63) is 16.3 Å². The van der Waals surface area contributed by atoms with Crippen molar-refractivity contribution in [3.63, 3.8) is 0 Å². The molecule has 2 atom stereocenters. The molecule has 0 unspecified atom stereocenters. The maximum atomic E-state index is 10.5. The van der Waals surface area contributed by atoms with Gasteiger partial charge in [0.2, 0.25) is 0 Å². The van der Waals surface area contributed by atoms with E-state index in [1.807, 2.05) is 11.3 Å². The molecule has 1 aliphatic heterocycles. The number of aryl methyl sites for hydroxylation is 2. The largest absolute Gasteiger partial charge is 0.391 e. The molecule has 0 aromatic carbocycles. The number of aromatic nitrogens is 2. The second-order valence-electron chi connectivity index (χ2n) is 8.37. The third kappa shape index (κ3) is 3.77. The Kier molecular flexibility index (Phi) is 5.50. The van der Waals surface area contributed by atoms with Gasteiger partial charge in [0.1, 0.15) is 16.5 Å². The van der Waals surface area contributed by atoms with Crippen molar-refractivity contribution in [2.45, 2.75) is 70.1 Å². The molecule has 2 N–H and O–H groups in total. The monoisotopic (exact) mass is 402 g/mol. The number of nitrogens with one attached hydrogen (secondary N) is 1.